The fourth-order valence-electron chi connectivity index (χ4n) is 2.28. The van der Waals surface area contributed by atoms with E-state index in [2.05, 4.69) is 17.2 Å². The average molecular weight is 290 g/mol. The Morgan fingerprint density at radius 3 is 2.67 bits per heavy atom. The Kier molecular flexibility index (Phi) is 5.39. The number of aryl methyl sites for hydroxylation is 1. The van der Waals surface area contributed by atoms with Gasteiger partial charge in [0.25, 0.3) is 0 Å². The van der Waals surface area contributed by atoms with E-state index in [0.717, 1.165) is 29.8 Å². The van der Waals surface area contributed by atoms with Gasteiger partial charge in [0, 0.05) is 24.4 Å². The highest BCUT2D eigenvalue weighted by Crippen LogP contribution is 2.21. The molecule has 21 heavy (non-hydrogen) atoms. The van der Waals surface area contributed by atoms with E-state index in [1.54, 1.807) is 12.3 Å². The van der Waals surface area contributed by atoms with E-state index in [-0.39, 0.29) is 6.04 Å². The van der Waals surface area contributed by atoms with E-state index in [9.17, 15) is 8.78 Å². The van der Waals surface area contributed by atoms with Gasteiger partial charge in [-0.2, -0.15) is 0 Å². The van der Waals surface area contributed by atoms with Crippen LogP contribution in [0.2, 0.25) is 0 Å². The molecule has 1 atom stereocenters. The van der Waals surface area contributed by atoms with E-state index < -0.39 is 11.6 Å². The summed E-state index contributed by atoms with van der Waals surface area (Å²) < 4.78 is 26.6. The summed E-state index contributed by atoms with van der Waals surface area (Å²) in [5.74, 6) is -1.63. The Balaban J connectivity index is 2.25. The molecule has 1 heterocycles. The van der Waals surface area contributed by atoms with Gasteiger partial charge in [-0.05, 0) is 49.2 Å². The average Bonchev–Trinajstić information content (AvgIpc) is 2.48. The Labute approximate surface area is 124 Å². The van der Waals surface area contributed by atoms with E-state index >= 15 is 0 Å². The highest BCUT2D eigenvalue weighted by molar-refractivity contribution is 5.25. The van der Waals surface area contributed by atoms with Crippen molar-refractivity contribution >= 4 is 0 Å². The number of rotatable bonds is 6. The van der Waals surface area contributed by atoms with Gasteiger partial charge in [-0.25, -0.2) is 8.78 Å². The maximum Gasteiger partial charge on any atom is 0.159 e. The number of pyridine rings is 1. The lowest BCUT2D eigenvalue weighted by Crippen LogP contribution is -2.25. The second kappa shape index (κ2) is 7.27. The van der Waals surface area contributed by atoms with Gasteiger partial charge >= 0.3 is 0 Å². The molecule has 0 bridgehead atoms. The van der Waals surface area contributed by atoms with Crippen molar-refractivity contribution < 1.29 is 8.78 Å². The predicted octanol–water partition coefficient (Wildman–Crippen LogP) is 3.95. The van der Waals surface area contributed by atoms with Crippen molar-refractivity contribution in [2.75, 3.05) is 6.54 Å². The molecule has 2 rings (SSSR count). The lowest BCUT2D eigenvalue weighted by molar-refractivity contribution is 0.491. The SMILES string of the molecule is CCCNC(Cc1ncccc1C)c1ccc(F)c(F)c1. The third-order valence-electron chi connectivity index (χ3n) is 3.50. The Bertz CT molecular complexity index is 599. The van der Waals surface area contributed by atoms with Crippen LogP contribution in [0.5, 0.6) is 0 Å². The van der Waals surface area contributed by atoms with E-state index in [1.807, 2.05) is 19.1 Å². The summed E-state index contributed by atoms with van der Waals surface area (Å²) in [6.07, 6.45) is 3.38. The number of aromatic nitrogens is 1. The maximum absolute atomic E-state index is 13.5. The summed E-state index contributed by atoms with van der Waals surface area (Å²) in [4.78, 5) is 4.38. The minimum Gasteiger partial charge on any atom is -0.310 e. The van der Waals surface area contributed by atoms with Crippen molar-refractivity contribution in [2.45, 2.75) is 32.7 Å². The Morgan fingerprint density at radius 1 is 1.19 bits per heavy atom. The molecule has 1 aromatic heterocycles. The minimum absolute atomic E-state index is 0.0753. The first kappa shape index (κ1) is 15.6. The van der Waals surface area contributed by atoms with E-state index in [4.69, 9.17) is 0 Å². The van der Waals surface area contributed by atoms with Crippen molar-refractivity contribution in [3.63, 3.8) is 0 Å². The topological polar surface area (TPSA) is 24.9 Å². The van der Waals surface area contributed by atoms with Crippen molar-refractivity contribution in [3.05, 3.63) is 65.0 Å². The number of benzene rings is 1. The molecule has 0 aliphatic carbocycles. The third-order valence-corrected chi connectivity index (χ3v) is 3.50. The summed E-state index contributed by atoms with van der Waals surface area (Å²) in [5.41, 5.74) is 2.81. The zero-order valence-corrected chi connectivity index (χ0v) is 12.4. The molecule has 1 unspecified atom stereocenters. The quantitative estimate of drug-likeness (QED) is 0.871. The molecule has 2 nitrogen and oxygen atoms in total. The molecule has 0 aliphatic heterocycles. The Hall–Kier alpha value is -1.81. The number of hydrogen-bond acceptors (Lipinski definition) is 2. The zero-order chi connectivity index (χ0) is 15.2. The second-order valence-electron chi connectivity index (χ2n) is 5.15. The molecule has 4 heteroatoms. The van der Waals surface area contributed by atoms with Gasteiger partial charge in [0.1, 0.15) is 0 Å². The summed E-state index contributed by atoms with van der Waals surface area (Å²) in [6.45, 7) is 4.89. The molecule has 0 saturated carbocycles. The monoisotopic (exact) mass is 290 g/mol. The fraction of sp³-hybridized carbons (Fsp3) is 0.353. The number of nitrogens with zero attached hydrogens (tertiary/aromatic N) is 1. The first-order valence-electron chi connectivity index (χ1n) is 7.20. The maximum atomic E-state index is 13.5. The van der Waals surface area contributed by atoms with Crippen LogP contribution in [0.1, 0.15) is 36.2 Å². The standard InChI is InChI=1S/C17H20F2N2/c1-3-8-20-17(11-16-12(2)5-4-9-21-16)13-6-7-14(18)15(19)10-13/h4-7,9-10,17,20H,3,8,11H2,1-2H3. The summed E-state index contributed by atoms with van der Waals surface area (Å²) >= 11 is 0. The lowest BCUT2D eigenvalue weighted by atomic mass is 9.99. The molecule has 0 amide bonds. The smallest absolute Gasteiger partial charge is 0.159 e. The molecular weight excluding hydrogens is 270 g/mol. The molecule has 0 radical (unpaired) electrons. The molecule has 0 spiro atoms. The predicted molar refractivity (Wildman–Crippen MR) is 80.1 cm³/mol. The van der Waals surface area contributed by atoms with Crippen LogP contribution in [0.3, 0.4) is 0 Å². The third kappa shape index (κ3) is 4.08. The van der Waals surface area contributed by atoms with Crippen molar-refractivity contribution in [3.8, 4) is 0 Å². The molecule has 1 aromatic carbocycles. The number of hydrogen-bond donors (Lipinski definition) is 1. The first-order chi connectivity index (χ1) is 10.1. The van der Waals surface area contributed by atoms with Gasteiger partial charge in [0.15, 0.2) is 11.6 Å². The molecule has 2 aromatic rings. The largest absolute Gasteiger partial charge is 0.310 e. The van der Waals surface area contributed by atoms with Gasteiger partial charge < -0.3 is 5.32 Å². The van der Waals surface area contributed by atoms with Gasteiger partial charge in [0.05, 0.1) is 0 Å². The number of halogens is 2. The highest BCUT2D eigenvalue weighted by atomic mass is 19.2. The van der Waals surface area contributed by atoms with Crippen LogP contribution in [-0.4, -0.2) is 11.5 Å². The summed E-state index contributed by atoms with van der Waals surface area (Å²) in [5, 5.41) is 3.38. The Morgan fingerprint density at radius 2 is 2.00 bits per heavy atom. The van der Waals surface area contributed by atoms with Gasteiger partial charge in [-0.1, -0.05) is 19.1 Å². The zero-order valence-electron chi connectivity index (χ0n) is 12.4. The van der Waals surface area contributed by atoms with Crippen LogP contribution < -0.4 is 5.32 Å². The van der Waals surface area contributed by atoms with Crippen molar-refractivity contribution in [2.24, 2.45) is 0 Å². The molecule has 1 N–H and O–H groups in total. The minimum atomic E-state index is -0.818. The van der Waals surface area contributed by atoms with Crippen LogP contribution in [0.25, 0.3) is 0 Å². The molecule has 112 valence electrons. The summed E-state index contributed by atoms with van der Waals surface area (Å²) in [6, 6.07) is 7.89. The first-order valence-corrected chi connectivity index (χ1v) is 7.20. The lowest BCUT2D eigenvalue weighted by Gasteiger charge is -2.19. The normalized spacial score (nSPS) is 12.4. The van der Waals surface area contributed by atoms with Crippen LogP contribution in [0.4, 0.5) is 8.78 Å². The molecule has 0 aliphatic rings. The van der Waals surface area contributed by atoms with Crippen LogP contribution in [0, 0.1) is 18.6 Å². The second-order valence-corrected chi connectivity index (χ2v) is 5.15. The van der Waals surface area contributed by atoms with Gasteiger partial charge in [0.2, 0.25) is 0 Å². The van der Waals surface area contributed by atoms with Gasteiger partial charge in [-0.3, -0.25) is 4.98 Å². The van der Waals surface area contributed by atoms with E-state index in [0.29, 0.717) is 6.42 Å². The highest BCUT2D eigenvalue weighted by Gasteiger charge is 2.15. The molecule has 0 saturated heterocycles. The number of nitrogens with one attached hydrogen (secondary N) is 1. The van der Waals surface area contributed by atoms with Crippen LogP contribution in [-0.2, 0) is 6.42 Å². The summed E-state index contributed by atoms with van der Waals surface area (Å²) in [7, 11) is 0. The van der Waals surface area contributed by atoms with Crippen LogP contribution in [0.15, 0.2) is 36.5 Å². The van der Waals surface area contributed by atoms with E-state index in [1.165, 1.54) is 12.1 Å². The van der Waals surface area contributed by atoms with Crippen LogP contribution >= 0.6 is 0 Å². The molecule has 0 fully saturated rings. The van der Waals surface area contributed by atoms with Gasteiger partial charge in [-0.15, -0.1) is 0 Å². The van der Waals surface area contributed by atoms with Crippen molar-refractivity contribution in [1.29, 1.82) is 0 Å². The fourth-order valence-corrected chi connectivity index (χ4v) is 2.28. The van der Waals surface area contributed by atoms with Crippen molar-refractivity contribution in [1.82, 2.24) is 10.3 Å². The molecular formula is C17H20F2N2.